The van der Waals surface area contributed by atoms with Gasteiger partial charge in [-0.2, -0.15) is 0 Å². The summed E-state index contributed by atoms with van der Waals surface area (Å²) < 4.78 is 0. The lowest BCUT2D eigenvalue weighted by atomic mass is 9.79. The van der Waals surface area contributed by atoms with E-state index in [4.69, 9.17) is 0 Å². The largest absolute Gasteiger partial charge is 0.481 e. The van der Waals surface area contributed by atoms with E-state index in [1.165, 1.54) is 0 Å². The van der Waals surface area contributed by atoms with Crippen molar-refractivity contribution in [2.75, 3.05) is 27.2 Å². The molecule has 5 heteroatoms. The smallest absolute Gasteiger partial charge is 0.316 e. The van der Waals surface area contributed by atoms with Crippen LogP contribution >= 0.6 is 0 Å². The molecule has 1 aliphatic rings. The highest BCUT2D eigenvalue weighted by Crippen LogP contribution is 2.29. The van der Waals surface area contributed by atoms with Gasteiger partial charge in [0, 0.05) is 13.1 Å². The van der Waals surface area contributed by atoms with Crippen molar-refractivity contribution in [2.45, 2.75) is 39.7 Å². The van der Waals surface area contributed by atoms with Crippen LogP contribution in [0.5, 0.6) is 0 Å². The van der Waals surface area contributed by atoms with Crippen molar-refractivity contribution in [1.29, 1.82) is 0 Å². The van der Waals surface area contributed by atoms with Crippen LogP contribution in [-0.2, 0) is 9.59 Å². The Labute approximate surface area is 115 Å². The summed E-state index contributed by atoms with van der Waals surface area (Å²) in [5.74, 6) is -2.27. The van der Waals surface area contributed by atoms with E-state index in [0.29, 0.717) is 0 Å². The zero-order chi connectivity index (χ0) is 14.8. The van der Waals surface area contributed by atoms with E-state index in [1.54, 1.807) is 32.7 Å². The lowest BCUT2D eigenvalue weighted by Gasteiger charge is -2.38. The fourth-order valence-electron chi connectivity index (χ4n) is 2.61. The molecular formula is C14H26N2O3. The average molecular weight is 270 g/mol. The summed E-state index contributed by atoms with van der Waals surface area (Å²) in [6.07, 6.45) is 1.82. The van der Waals surface area contributed by atoms with Gasteiger partial charge < -0.3 is 14.9 Å². The van der Waals surface area contributed by atoms with Crippen molar-refractivity contribution >= 4 is 11.9 Å². The maximum Gasteiger partial charge on any atom is 0.316 e. The number of likely N-dealkylation sites (tertiary alicyclic amines) is 1. The van der Waals surface area contributed by atoms with Gasteiger partial charge in [-0.25, -0.2) is 0 Å². The Morgan fingerprint density at radius 2 is 1.74 bits per heavy atom. The lowest BCUT2D eigenvalue weighted by Crippen LogP contribution is -2.50. The topological polar surface area (TPSA) is 60.9 Å². The van der Waals surface area contributed by atoms with E-state index in [9.17, 15) is 14.7 Å². The molecule has 1 aliphatic heterocycles. The van der Waals surface area contributed by atoms with Crippen molar-refractivity contribution in [3.05, 3.63) is 0 Å². The van der Waals surface area contributed by atoms with E-state index >= 15 is 0 Å². The third kappa shape index (κ3) is 3.93. The van der Waals surface area contributed by atoms with Crippen LogP contribution < -0.4 is 0 Å². The third-order valence-corrected chi connectivity index (χ3v) is 3.94. The second kappa shape index (κ2) is 5.90. The Morgan fingerprint density at radius 3 is 2.11 bits per heavy atom. The van der Waals surface area contributed by atoms with Crippen molar-refractivity contribution < 1.29 is 14.7 Å². The van der Waals surface area contributed by atoms with Crippen LogP contribution in [0.25, 0.3) is 0 Å². The molecular weight excluding hydrogens is 244 g/mol. The molecule has 0 aromatic heterocycles. The predicted molar refractivity (Wildman–Crippen MR) is 73.9 cm³/mol. The molecule has 1 N–H and O–H groups in total. The van der Waals surface area contributed by atoms with Gasteiger partial charge in [-0.05, 0) is 38.4 Å². The quantitative estimate of drug-likeness (QED) is 0.785. The first-order valence-electron chi connectivity index (χ1n) is 6.82. The Balaban J connectivity index is 2.77. The number of hydrogen-bond acceptors (Lipinski definition) is 3. The average Bonchev–Trinajstić information content (AvgIpc) is 2.26. The highest BCUT2D eigenvalue weighted by Gasteiger charge is 2.41. The summed E-state index contributed by atoms with van der Waals surface area (Å²) in [7, 11) is 3.80. The molecule has 110 valence electrons. The number of carboxylic acids is 1. The Morgan fingerprint density at radius 1 is 1.26 bits per heavy atom. The van der Waals surface area contributed by atoms with Gasteiger partial charge >= 0.3 is 5.97 Å². The zero-order valence-electron chi connectivity index (χ0n) is 12.6. The molecule has 0 aliphatic carbocycles. The number of aliphatic carboxylic acids is 1. The molecule has 0 aromatic carbocycles. The molecule has 1 unspecified atom stereocenters. The number of carbonyl (C=O) groups is 2. The fourth-order valence-corrected chi connectivity index (χ4v) is 2.61. The van der Waals surface area contributed by atoms with Gasteiger partial charge in [0.15, 0.2) is 0 Å². The van der Waals surface area contributed by atoms with Crippen LogP contribution in [0.1, 0.15) is 33.6 Å². The van der Waals surface area contributed by atoms with Gasteiger partial charge in [0.2, 0.25) is 5.91 Å². The van der Waals surface area contributed by atoms with Crippen LogP contribution in [0, 0.1) is 11.3 Å². The van der Waals surface area contributed by atoms with E-state index < -0.39 is 17.3 Å². The second-order valence-corrected chi connectivity index (χ2v) is 6.62. The summed E-state index contributed by atoms with van der Waals surface area (Å²) >= 11 is 0. The van der Waals surface area contributed by atoms with Crippen LogP contribution in [0.4, 0.5) is 0 Å². The molecule has 1 saturated heterocycles. The monoisotopic (exact) mass is 270 g/mol. The van der Waals surface area contributed by atoms with Crippen LogP contribution in [-0.4, -0.2) is 60.0 Å². The van der Waals surface area contributed by atoms with Crippen LogP contribution in [0.15, 0.2) is 0 Å². The summed E-state index contributed by atoms with van der Waals surface area (Å²) in [5, 5.41) is 9.31. The van der Waals surface area contributed by atoms with Crippen molar-refractivity contribution in [3.63, 3.8) is 0 Å². The van der Waals surface area contributed by atoms with Crippen LogP contribution in [0.2, 0.25) is 0 Å². The van der Waals surface area contributed by atoms with Crippen LogP contribution in [0.3, 0.4) is 0 Å². The summed E-state index contributed by atoms with van der Waals surface area (Å²) in [6.45, 7) is 7.30. The molecule has 0 bridgehead atoms. The Bertz CT molecular complexity index is 341. The SMILES string of the molecule is CN1CCC(N(C)C(=O)C(C(=O)O)C(C)(C)C)CC1. The Kier molecular flexibility index (Phi) is 4.96. The molecule has 1 fully saturated rings. The van der Waals surface area contributed by atoms with Gasteiger partial charge in [0.25, 0.3) is 0 Å². The standard InChI is InChI=1S/C14H26N2O3/c1-14(2,3)11(13(18)19)12(17)16(5)10-6-8-15(4)9-7-10/h10-11H,6-9H2,1-5H3,(H,18,19). The highest BCUT2D eigenvalue weighted by molar-refractivity contribution is 5.97. The predicted octanol–water partition coefficient (Wildman–Crippen LogP) is 1.29. The molecule has 1 atom stereocenters. The maximum atomic E-state index is 12.4. The zero-order valence-corrected chi connectivity index (χ0v) is 12.6. The minimum absolute atomic E-state index is 0.160. The van der Waals surface area contributed by atoms with E-state index in [0.717, 1.165) is 25.9 Å². The minimum Gasteiger partial charge on any atom is -0.481 e. The number of hydrogen-bond donors (Lipinski definition) is 1. The molecule has 0 saturated carbocycles. The van der Waals surface area contributed by atoms with Crippen molar-refractivity contribution in [3.8, 4) is 0 Å². The van der Waals surface area contributed by atoms with Gasteiger partial charge in [0.1, 0.15) is 5.92 Å². The molecule has 0 radical (unpaired) electrons. The molecule has 19 heavy (non-hydrogen) atoms. The van der Waals surface area contributed by atoms with Gasteiger partial charge in [-0.1, -0.05) is 20.8 Å². The first kappa shape index (κ1) is 16.0. The van der Waals surface area contributed by atoms with Gasteiger partial charge in [-0.15, -0.1) is 0 Å². The summed E-state index contributed by atoms with van der Waals surface area (Å²) in [4.78, 5) is 27.7. The number of rotatable bonds is 3. The van der Waals surface area contributed by atoms with E-state index in [2.05, 4.69) is 11.9 Å². The number of carbonyl (C=O) groups excluding carboxylic acids is 1. The first-order valence-corrected chi connectivity index (χ1v) is 6.82. The number of carboxylic acid groups (broad SMARTS) is 1. The number of amides is 1. The second-order valence-electron chi connectivity index (χ2n) is 6.62. The first-order chi connectivity index (χ1) is 8.64. The maximum absolute atomic E-state index is 12.4. The third-order valence-electron chi connectivity index (χ3n) is 3.94. The normalized spacial score (nSPS) is 20.1. The molecule has 0 aromatic rings. The molecule has 1 rings (SSSR count). The highest BCUT2D eigenvalue weighted by atomic mass is 16.4. The van der Waals surface area contributed by atoms with Crippen molar-refractivity contribution in [1.82, 2.24) is 9.80 Å². The fraction of sp³-hybridized carbons (Fsp3) is 0.857. The molecule has 1 amide bonds. The molecule has 5 nitrogen and oxygen atoms in total. The van der Waals surface area contributed by atoms with E-state index in [-0.39, 0.29) is 11.9 Å². The summed E-state index contributed by atoms with van der Waals surface area (Å²) in [6, 6.07) is 0.160. The summed E-state index contributed by atoms with van der Waals surface area (Å²) in [5.41, 5.74) is -0.567. The van der Waals surface area contributed by atoms with E-state index in [1.807, 2.05) is 0 Å². The molecule has 0 spiro atoms. The molecule has 1 heterocycles. The number of nitrogens with zero attached hydrogens (tertiary/aromatic N) is 2. The Hall–Kier alpha value is -1.10. The lowest BCUT2D eigenvalue weighted by molar-refractivity contribution is -0.156. The van der Waals surface area contributed by atoms with Crippen molar-refractivity contribution in [2.24, 2.45) is 11.3 Å². The van der Waals surface area contributed by atoms with Gasteiger partial charge in [-0.3, -0.25) is 9.59 Å². The minimum atomic E-state index is -1.03. The number of piperidine rings is 1. The van der Waals surface area contributed by atoms with Gasteiger partial charge in [0.05, 0.1) is 0 Å².